The number of rotatable bonds is 2. The van der Waals surface area contributed by atoms with Crippen LogP contribution in [0.25, 0.3) is 0 Å². The normalized spacial score (nSPS) is 23.7. The Balaban J connectivity index is 1.94. The molecule has 1 aliphatic rings. The van der Waals surface area contributed by atoms with E-state index in [-0.39, 0.29) is 12.2 Å². The second kappa shape index (κ2) is 3.90. The zero-order valence-corrected chi connectivity index (χ0v) is 8.97. The predicted octanol–water partition coefficient (Wildman–Crippen LogP) is 2.12. The maximum Gasteiger partial charge on any atom is 0.338 e. The van der Waals surface area contributed by atoms with Crippen LogP contribution in [-0.2, 0) is 0 Å². The number of benzene rings is 1. The minimum absolute atomic E-state index is 0.0597. The highest BCUT2D eigenvalue weighted by molar-refractivity contribution is 5.90. The number of urea groups is 1. The molecule has 0 aliphatic carbocycles. The number of hydrazine groups is 1. The Morgan fingerprint density at radius 3 is 2.60 bits per heavy atom. The molecule has 1 N–H and O–H groups in total. The van der Waals surface area contributed by atoms with Crippen molar-refractivity contribution < 1.29 is 4.79 Å². The van der Waals surface area contributed by atoms with E-state index in [0.717, 1.165) is 12.2 Å². The number of para-hydroxylation sites is 1. The van der Waals surface area contributed by atoms with Gasteiger partial charge in [-0.25, -0.2) is 9.80 Å². The summed E-state index contributed by atoms with van der Waals surface area (Å²) in [6, 6.07) is 9.42. The van der Waals surface area contributed by atoms with E-state index in [9.17, 15) is 4.79 Å². The van der Waals surface area contributed by atoms with Crippen LogP contribution in [0.4, 0.5) is 10.5 Å². The molecule has 0 spiro atoms. The molecular formula is C11H15N3O. The molecule has 0 bridgehead atoms. The molecule has 4 nitrogen and oxygen atoms in total. The number of nitrogens with one attached hydrogen (secondary N) is 1. The van der Waals surface area contributed by atoms with Gasteiger partial charge in [0, 0.05) is 12.2 Å². The highest BCUT2D eigenvalue weighted by atomic mass is 16.2. The molecule has 2 atom stereocenters. The lowest BCUT2D eigenvalue weighted by Gasteiger charge is -2.05. The van der Waals surface area contributed by atoms with Crippen LogP contribution in [0.2, 0.25) is 0 Å². The molecular weight excluding hydrogens is 190 g/mol. The van der Waals surface area contributed by atoms with Gasteiger partial charge >= 0.3 is 6.03 Å². The summed E-state index contributed by atoms with van der Waals surface area (Å²) >= 11 is 0. The summed E-state index contributed by atoms with van der Waals surface area (Å²) in [4.78, 5) is 11.7. The van der Waals surface area contributed by atoms with Crippen LogP contribution in [0, 0.1) is 0 Å². The molecule has 0 aromatic heterocycles. The Kier molecular flexibility index (Phi) is 2.60. The van der Waals surface area contributed by atoms with Gasteiger partial charge in [0.2, 0.25) is 0 Å². The zero-order chi connectivity index (χ0) is 10.8. The van der Waals surface area contributed by atoms with Crippen molar-refractivity contribution in [3.8, 4) is 0 Å². The highest BCUT2D eigenvalue weighted by Crippen LogP contribution is 2.25. The lowest BCUT2D eigenvalue weighted by Crippen LogP contribution is -2.22. The predicted molar refractivity (Wildman–Crippen MR) is 59.1 cm³/mol. The monoisotopic (exact) mass is 205 g/mol. The number of nitrogens with zero attached hydrogens (tertiary/aromatic N) is 2. The molecule has 0 saturated carbocycles. The minimum atomic E-state index is -0.0597. The molecule has 2 amide bonds. The first-order valence-electron chi connectivity index (χ1n) is 5.16. The quantitative estimate of drug-likeness (QED) is 0.750. The van der Waals surface area contributed by atoms with Gasteiger partial charge in [-0.05, 0) is 19.1 Å². The van der Waals surface area contributed by atoms with Crippen molar-refractivity contribution in [1.29, 1.82) is 0 Å². The number of carbonyl (C=O) groups is 1. The molecule has 1 aliphatic heterocycles. The second-order valence-electron chi connectivity index (χ2n) is 3.53. The Bertz CT molecular complexity index is 352. The van der Waals surface area contributed by atoms with Gasteiger partial charge in [-0.15, -0.1) is 0 Å². The molecule has 1 heterocycles. The zero-order valence-electron chi connectivity index (χ0n) is 8.97. The second-order valence-corrected chi connectivity index (χ2v) is 3.53. The number of hydrogen-bond acceptors (Lipinski definition) is 2. The van der Waals surface area contributed by atoms with Gasteiger partial charge in [0.25, 0.3) is 0 Å². The van der Waals surface area contributed by atoms with Gasteiger partial charge in [0.05, 0.1) is 0 Å². The van der Waals surface area contributed by atoms with Crippen molar-refractivity contribution >= 4 is 11.7 Å². The fraction of sp³-hybridized carbons (Fsp3) is 0.364. The smallest absolute Gasteiger partial charge is 0.307 e. The fourth-order valence-electron chi connectivity index (χ4n) is 1.71. The van der Waals surface area contributed by atoms with Gasteiger partial charge in [0.1, 0.15) is 6.17 Å². The van der Waals surface area contributed by atoms with Crippen LogP contribution in [-0.4, -0.2) is 28.8 Å². The molecule has 1 fully saturated rings. The van der Waals surface area contributed by atoms with Crippen LogP contribution in [0.5, 0.6) is 0 Å². The van der Waals surface area contributed by atoms with E-state index in [0.29, 0.717) is 0 Å². The Morgan fingerprint density at radius 2 is 2.07 bits per heavy atom. The highest BCUT2D eigenvalue weighted by Gasteiger charge is 2.44. The first-order chi connectivity index (χ1) is 7.24. The van der Waals surface area contributed by atoms with Crippen molar-refractivity contribution in [2.45, 2.75) is 20.0 Å². The van der Waals surface area contributed by atoms with E-state index in [1.165, 1.54) is 0 Å². The van der Waals surface area contributed by atoms with E-state index in [4.69, 9.17) is 0 Å². The Labute approximate surface area is 89.5 Å². The lowest BCUT2D eigenvalue weighted by molar-refractivity contribution is 0.223. The molecule has 15 heavy (non-hydrogen) atoms. The average Bonchev–Trinajstić information content (AvgIpc) is 2.90. The van der Waals surface area contributed by atoms with Gasteiger partial charge in [-0.1, -0.05) is 25.1 Å². The number of carbonyl (C=O) groups excluding carboxylic acids is 1. The van der Waals surface area contributed by atoms with E-state index in [1.54, 1.807) is 5.01 Å². The number of anilines is 1. The average molecular weight is 205 g/mol. The third-order valence-corrected chi connectivity index (χ3v) is 2.56. The van der Waals surface area contributed by atoms with Crippen LogP contribution in [0.1, 0.15) is 13.8 Å². The maximum atomic E-state index is 11.7. The summed E-state index contributed by atoms with van der Waals surface area (Å²) < 4.78 is 0. The van der Waals surface area contributed by atoms with E-state index >= 15 is 0 Å². The molecule has 4 heteroatoms. The summed E-state index contributed by atoms with van der Waals surface area (Å²) in [5.74, 6) is 0. The van der Waals surface area contributed by atoms with Crippen molar-refractivity contribution in [3.05, 3.63) is 30.3 Å². The van der Waals surface area contributed by atoms with Gasteiger partial charge < -0.3 is 5.32 Å². The van der Waals surface area contributed by atoms with Gasteiger partial charge in [-0.2, -0.15) is 5.01 Å². The Morgan fingerprint density at radius 1 is 1.40 bits per heavy atom. The summed E-state index contributed by atoms with van der Waals surface area (Å²) in [5.41, 5.74) is 0.831. The van der Waals surface area contributed by atoms with Crippen LogP contribution in [0.15, 0.2) is 30.3 Å². The van der Waals surface area contributed by atoms with Crippen LogP contribution in [0.3, 0.4) is 0 Å². The van der Waals surface area contributed by atoms with E-state index in [2.05, 4.69) is 5.32 Å². The summed E-state index contributed by atoms with van der Waals surface area (Å²) in [6.07, 6.45) is 0.221. The molecule has 2 unspecified atom stereocenters. The third-order valence-electron chi connectivity index (χ3n) is 2.56. The van der Waals surface area contributed by atoms with Crippen molar-refractivity contribution in [2.24, 2.45) is 0 Å². The van der Waals surface area contributed by atoms with Crippen LogP contribution < -0.4 is 5.32 Å². The van der Waals surface area contributed by atoms with Crippen LogP contribution >= 0.6 is 0 Å². The van der Waals surface area contributed by atoms with Gasteiger partial charge in [-0.3, -0.25) is 0 Å². The topological polar surface area (TPSA) is 35.1 Å². The molecule has 1 aromatic rings. The van der Waals surface area contributed by atoms with E-state index in [1.807, 2.05) is 49.2 Å². The summed E-state index contributed by atoms with van der Waals surface area (Å²) in [7, 11) is 0. The lowest BCUT2D eigenvalue weighted by atomic mass is 10.3. The van der Waals surface area contributed by atoms with Crippen molar-refractivity contribution in [1.82, 2.24) is 10.0 Å². The maximum absolute atomic E-state index is 11.7. The van der Waals surface area contributed by atoms with Crippen molar-refractivity contribution in [3.63, 3.8) is 0 Å². The summed E-state index contributed by atoms with van der Waals surface area (Å²) in [6.45, 7) is 4.91. The first-order valence-corrected chi connectivity index (χ1v) is 5.16. The standard InChI is InChI=1S/C11H15N3O/c1-3-13-9(2)14(13)11(15)12-10-7-5-4-6-8-10/h4-9H,3H2,1-2H3,(H,12,15). The number of amides is 2. The largest absolute Gasteiger partial charge is 0.338 e. The minimum Gasteiger partial charge on any atom is -0.307 e. The molecule has 1 aromatic carbocycles. The van der Waals surface area contributed by atoms with E-state index < -0.39 is 0 Å². The molecule has 0 radical (unpaired) electrons. The van der Waals surface area contributed by atoms with Crippen molar-refractivity contribution in [2.75, 3.05) is 11.9 Å². The molecule has 2 rings (SSSR count). The fourth-order valence-corrected chi connectivity index (χ4v) is 1.71. The summed E-state index contributed by atoms with van der Waals surface area (Å²) in [5, 5.41) is 6.56. The third kappa shape index (κ3) is 1.94. The SMILES string of the molecule is CCN1C(C)N1C(=O)Nc1ccccc1. The molecule has 1 saturated heterocycles. The Hall–Kier alpha value is -1.55. The first kappa shape index (κ1) is 9.98. The molecule has 80 valence electrons. The van der Waals surface area contributed by atoms with Gasteiger partial charge in [0.15, 0.2) is 0 Å². The number of hydrogen-bond donors (Lipinski definition) is 1.